The minimum Gasteiger partial charge on any atom is -0.493 e. The molecule has 1 aliphatic heterocycles. The molecule has 10 heteroatoms. The third-order valence-electron chi connectivity index (χ3n) is 5.08. The van der Waals surface area contributed by atoms with E-state index >= 15 is 0 Å². The van der Waals surface area contributed by atoms with Crippen LogP contribution in [0, 0.1) is 0 Å². The number of methoxy groups -OCH3 is 2. The fourth-order valence-electron chi connectivity index (χ4n) is 3.52. The number of ether oxygens (including phenoxy) is 2. The molecule has 2 aromatic rings. The highest BCUT2D eigenvalue weighted by Crippen LogP contribution is 2.43. The molecule has 0 bridgehead atoms. The van der Waals surface area contributed by atoms with Crippen LogP contribution in [0.2, 0.25) is 0 Å². The Morgan fingerprint density at radius 3 is 2.47 bits per heavy atom. The lowest BCUT2D eigenvalue weighted by molar-refractivity contribution is -0.138. The van der Waals surface area contributed by atoms with Crippen molar-refractivity contribution in [1.29, 1.82) is 0 Å². The van der Waals surface area contributed by atoms with Gasteiger partial charge in [0.15, 0.2) is 11.5 Å². The van der Waals surface area contributed by atoms with Crippen LogP contribution >= 0.6 is 11.8 Å². The van der Waals surface area contributed by atoms with Gasteiger partial charge in [-0.25, -0.2) is 0 Å². The molecular formula is C22H23F3N2O4S. The zero-order valence-electron chi connectivity index (χ0n) is 17.7. The maximum atomic E-state index is 12.9. The van der Waals surface area contributed by atoms with Gasteiger partial charge in [0, 0.05) is 19.2 Å². The second-order valence-corrected chi connectivity index (χ2v) is 8.27. The molecule has 2 amide bonds. The first-order valence-corrected chi connectivity index (χ1v) is 10.8. The Morgan fingerprint density at radius 2 is 1.84 bits per heavy atom. The van der Waals surface area contributed by atoms with Crippen LogP contribution in [0.15, 0.2) is 42.5 Å². The van der Waals surface area contributed by atoms with Crippen molar-refractivity contribution in [2.75, 3.05) is 20.0 Å². The topological polar surface area (TPSA) is 67.9 Å². The molecule has 1 saturated heterocycles. The van der Waals surface area contributed by atoms with E-state index in [-0.39, 0.29) is 12.5 Å². The molecule has 6 nitrogen and oxygen atoms in total. The summed E-state index contributed by atoms with van der Waals surface area (Å²) in [6.45, 7) is 1.31. The number of hydrogen-bond donors (Lipinski definition) is 1. The van der Waals surface area contributed by atoms with E-state index in [2.05, 4.69) is 5.32 Å². The summed E-state index contributed by atoms with van der Waals surface area (Å²) in [6, 6.07) is 9.32. The molecule has 0 saturated carbocycles. The lowest BCUT2D eigenvalue weighted by Gasteiger charge is -2.28. The number of carbonyl (C=O) groups excluding carboxylic acids is 2. The van der Waals surface area contributed by atoms with E-state index < -0.39 is 29.1 Å². The van der Waals surface area contributed by atoms with Gasteiger partial charge in [-0.1, -0.05) is 18.2 Å². The van der Waals surface area contributed by atoms with Crippen LogP contribution in [0.25, 0.3) is 0 Å². The van der Waals surface area contributed by atoms with Crippen molar-refractivity contribution in [3.63, 3.8) is 0 Å². The van der Waals surface area contributed by atoms with E-state index in [0.717, 1.165) is 17.7 Å². The van der Waals surface area contributed by atoms with Crippen molar-refractivity contribution >= 4 is 23.6 Å². The van der Waals surface area contributed by atoms with Gasteiger partial charge in [-0.05, 0) is 35.4 Å². The molecular weight excluding hydrogens is 445 g/mol. The summed E-state index contributed by atoms with van der Waals surface area (Å²) >= 11 is 1.43. The van der Waals surface area contributed by atoms with Gasteiger partial charge < -0.3 is 19.7 Å². The predicted octanol–water partition coefficient (Wildman–Crippen LogP) is 4.00. The zero-order valence-corrected chi connectivity index (χ0v) is 18.5. The first-order chi connectivity index (χ1) is 15.2. The molecule has 2 unspecified atom stereocenters. The smallest absolute Gasteiger partial charge is 0.416 e. The van der Waals surface area contributed by atoms with Crippen LogP contribution in [0.4, 0.5) is 13.2 Å². The molecule has 32 heavy (non-hydrogen) atoms. The van der Waals surface area contributed by atoms with Crippen molar-refractivity contribution < 1.29 is 32.2 Å². The Hall–Kier alpha value is -2.88. The van der Waals surface area contributed by atoms with E-state index in [9.17, 15) is 22.8 Å². The molecule has 0 aromatic heterocycles. The second-order valence-electron chi connectivity index (χ2n) is 7.16. The average Bonchev–Trinajstić information content (AvgIpc) is 3.22. The Balaban J connectivity index is 1.74. The minimum absolute atomic E-state index is 0.0727. The van der Waals surface area contributed by atoms with Crippen LogP contribution in [-0.2, 0) is 22.3 Å². The average molecular weight is 468 g/mol. The molecule has 3 rings (SSSR count). The second kappa shape index (κ2) is 9.72. The van der Waals surface area contributed by atoms with Crippen molar-refractivity contribution in [3.8, 4) is 11.5 Å². The van der Waals surface area contributed by atoms with Gasteiger partial charge in [-0.2, -0.15) is 13.2 Å². The number of nitrogens with one attached hydrogen (secondary N) is 1. The van der Waals surface area contributed by atoms with Crippen molar-refractivity contribution in [2.45, 2.75) is 31.1 Å². The number of amides is 2. The number of nitrogens with zero attached hydrogens (tertiary/aromatic N) is 1. The predicted molar refractivity (Wildman–Crippen MR) is 114 cm³/mol. The summed E-state index contributed by atoms with van der Waals surface area (Å²) in [5.74, 6) is 0.699. The molecule has 1 N–H and O–H groups in total. The lowest BCUT2D eigenvalue weighted by Crippen LogP contribution is -2.47. The summed E-state index contributed by atoms with van der Waals surface area (Å²) in [7, 11) is 3.03. The maximum Gasteiger partial charge on any atom is 0.416 e. The molecule has 2 atom stereocenters. The van der Waals surface area contributed by atoms with Crippen LogP contribution in [0.5, 0.6) is 11.5 Å². The first kappa shape index (κ1) is 23.8. The zero-order chi connectivity index (χ0) is 23.5. The highest BCUT2D eigenvalue weighted by atomic mass is 32.2. The van der Waals surface area contributed by atoms with Gasteiger partial charge in [0.2, 0.25) is 11.8 Å². The Kier molecular flexibility index (Phi) is 7.22. The van der Waals surface area contributed by atoms with Gasteiger partial charge in [0.1, 0.15) is 11.4 Å². The van der Waals surface area contributed by atoms with E-state index in [1.165, 1.54) is 49.9 Å². The number of benzene rings is 2. The van der Waals surface area contributed by atoms with E-state index in [4.69, 9.17) is 9.47 Å². The third-order valence-corrected chi connectivity index (χ3v) is 6.40. The monoisotopic (exact) mass is 468 g/mol. The number of alkyl halides is 3. The number of halogens is 3. The molecule has 1 aliphatic rings. The molecule has 2 aromatic carbocycles. The maximum absolute atomic E-state index is 12.9. The highest BCUT2D eigenvalue weighted by molar-refractivity contribution is 7.99. The number of hydrogen-bond acceptors (Lipinski definition) is 5. The fourth-order valence-corrected chi connectivity index (χ4v) is 4.99. The van der Waals surface area contributed by atoms with Crippen molar-refractivity contribution in [3.05, 3.63) is 59.2 Å². The fraction of sp³-hybridized carbons (Fsp3) is 0.364. The normalized spacial score (nSPS) is 18.4. The summed E-state index contributed by atoms with van der Waals surface area (Å²) in [5, 5.41) is 2.25. The van der Waals surface area contributed by atoms with Crippen molar-refractivity contribution in [2.24, 2.45) is 0 Å². The molecule has 1 heterocycles. The molecule has 172 valence electrons. The SMILES string of the molecule is COc1ccc(C2SCC(C(=O)NCc3cccc(C(F)(F)F)c3)N2C(C)=O)cc1OC. The molecule has 0 spiro atoms. The van der Waals surface area contributed by atoms with Crippen LogP contribution in [0.3, 0.4) is 0 Å². The van der Waals surface area contributed by atoms with Gasteiger partial charge in [0.05, 0.1) is 19.8 Å². The van der Waals surface area contributed by atoms with Gasteiger partial charge in [-0.3, -0.25) is 9.59 Å². The Bertz CT molecular complexity index is 999. The highest BCUT2D eigenvalue weighted by Gasteiger charge is 2.41. The van der Waals surface area contributed by atoms with Gasteiger partial charge in [0.25, 0.3) is 0 Å². The number of rotatable bonds is 6. The van der Waals surface area contributed by atoms with E-state index in [0.29, 0.717) is 22.8 Å². The molecule has 0 radical (unpaired) electrons. The van der Waals surface area contributed by atoms with E-state index in [1.54, 1.807) is 18.2 Å². The van der Waals surface area contributed by atoms with Gasteiger partial charge in [-0.15, -0.1) is 11.8 Å². The molecule has 0 aliphatic carbocycles. The van der Waals surface area contributed by atoms with Crippen molar-refractivity contribution in [1.82, 2.24) is 10.2 Å². The first-order valence-electron chi connectivity index (χ1n) is 9.72. The quantitative estimate of drug-likeness (QED) is 0.694. The largest absolute Gasteiger partial charge is 0.493 e. The van der Waals surface area contributed by atoms with Crippen LogP contribution in [-0.4, -0.2) is 42.7 Å². The summed E-state index contributed by atoms with van der Waals surface area (Å²) in [6.07, 6.45) is -4.46. The summed E-state index contributed by atoms with van der Waals surface area (Å²) < 4.78 is 49.3. The lowest BCUT2D eigenvalue weighted by atomic mass is 10.1. The van der Waals surface area contributed by atoms with Crippen LogP contribution < -0.4 is 14.8 Å². The summed E-state index contributed by atoms with van der Waals surface area (Å²) in [4.78, 5) is 26.7. The van der Waals surface area contributed by atoms with Gasteiger partial charge >= 0.3 is 6.18 Å². The number of thioether (sulfide) groups is 1. The van der Waals surface area contributed by atoms with E-state index in [1.807, 2.05) is 0 Å². The van der Waals surface area contributed by atoms with Crippen LogP contribution in [0.1, 0.15) is 29.0 Å². The summed E-state index contributed by atoms with van der Waals surface area (Å²) in [5.41, 5.74) is 0.320. The molecule has 1 fully saturated rings. The number of carbonyl (C=O) groups is 2. The third kappa shape index (κ3) is 5.12. The Morgan fingerprint density at radius 1 is 1.12 bits per heavy atom. The standard InChI is InChI=1S/C22H23F3N2O4S/c1-13(28)27-17(12-32-21(27)15-7-8-18(30-2)19(10-15)31-3)20(29)26-11-14-5-4-6-16(9-14)22(23,24)25/h4-10,17,21H,11-12H2,1-3H3,(H,26,29). The minimum atomic E-state index is -4.46. The Labute approximate surface area is 188 Å².